The summed E-state index contributed by atoms with van der Waals surface area (Å²) in [6, 6.07) is 5.58. The number of allylic oxidation sites excluding steroid dienone is 2. The molecule has 144 valence electrons. The first-order valence-electron chi connectivity index (χ1n) is 9.36. The van der Waals surface area contributed by atoms with Gasteiger partial charge in [-0.2, -0.15) is 0 Å². The molecule has 0 radical (unpaired) electrons. The van der Waals surface area contributed by atoms with Crippen LogP contribution in [-0.4, -0.2) is 22.5 Å². The van der Waals surface area contributed by atoms with Crippen molar-refractivity contribution in [3.63, 3.8) is 0 Å². The van der Waals surface area contributed by atoms with E-state index in [4.69, 9.17) is 9.47 Å². The van der Waals surface area contributed by atoms with Crippen LogP contribution in [-0.2, 0) is 4.79 Å². The minimum atomic E-state index is -0.485. The van der Waals surface area contributed by atoms with Gasteiger partial charge in [-0.15, -0.1) is 0 Å². The van der Waals surface area contributed by atoms with E-state index < -0.39 is 5.92 Å². The highest BCUT2D eigenvalue weighted by atomic mass is 16.7. The number of hydrogen-bond donors (Lipinski definition) is 2. The highest BCUT2D eigenvalue weighted by molar-refractivity contribution is 6.01. The van der Waals surface area contributed by atoms with Crippen LogP contribution in [0.4, 0.5) is 5.82 Å². The molecule has 0 bridgehead atoms. The Balaban J connectivity index is 1.76. The first kappa shape index (κ1) is 17.0. The minimum Gasteiger partial charge on any atom is -0.454 e. The van der Waals surface area contributed by atoms with Crippen LogP contribution >= 0.6 is 0 Å². The summed E-state index contributed by atoms with van der Waals surface area (Å²) in [6.07, 6.45) is 1.17. The predicted octanol–water partition coefficient (Wildman–Crippen LogP) is 3.01. The lowest BCUT2D eigenvalue weighted by Crippen LogP contribution is -2.37. The maximum atomic E-state index is 13.2. The summed E-state index contributed by atoms with van der Waals surface area (Å²) in [5.74, 6) is 1.92. The van der Waals surface area contributed by atoms with Crippen molar-refractivity contribution in [1.82, 2.24) is 9.97 Å². The number of hydrogen-bond acceptors (Lipinski definition) is 6. The molecule has 0 fully saturated rings. The fraction of sp³-hybridized carbons (Fsp3) is 0.381. The van der Waals surface area contributed by atoms with Crippen LogP contribution in [0.5, 0.6) is 11.5 Å². The SMILES string of the molecule is Cc1nc2c(c(=O)[nH]1)[C@@H](c1ccc3c(c1)OCO3)C1=C(CC(C)(C)CC1=O)N2. The van der Waals surface area contributed by atoms with E-state index in [1.165, 1.54) is 0 Å². The van der Waals surface area contributed by atoms with Gasteiger partial charge in [0.1, 0.15) is 11.6 Å². The number of rotatable bonds is 1. The second-order valence-electron chi connectivity index (χ2n) is 8.42. The second-order valence-corrected chi connectivity index (χ2v) is 8.42. The summed E-state index contributed by atoms with van der Waals surface area (Å²) in [5.41, 5.74) is 2.42. The Morgan fingerprint density at radius 3 is 2.75 bits per heavy atom. The smallest absolute Gasteiger partial charge is 0.257 e. The van der Waals surface area contributed by atoms with Crippen molar-refractivity contribution < 1.29 is 14.3 Å². The molecule has 2 N–H and O–H groups in total. The van der Waals surface area contributed by atoms with Crippen LogP contribution in [0.3, 0.4) is 0 Å². The molecule has 5 rings (SSSR count). The Hall–Kier alpha value is -3.09. The number of nitrogens with zero attached hydrogens (tertiary/aromatic N) is 1. The number of nitrogens with one attached hydrogen (secondary N) is 2. The third-order valence-electron chi connectivity index (χ3n) is 5.57. The predicted molar refractivity (Wildman–Crippen MR) is 103 cm³/mol. The van der Waals surface area contributed by atoms with Crippen LogP contribution in [0.2, 0.25) is 0 Å². The number of anilines is 1. The van der Waals surface area contributed by atoms with Gasteiger partial charge >= 0.3 is 0 Å². The number of aromatic amines is 1. The van der Waals surface area contributed by atoms with E-state index in [-0.39, 0.29) is 23.6 Å². The fourth-order valence-electron chi connectivity index (χ4n) is 4.45. The summed E-state index contributed by atoms with van der Waals surface area (Å²) in [7, 11) is 0. The quantitative estimate of drug-likeness (QED) is 0.791. The molecule has 0 unspecified atom stereocenters. The Morgan fingerprint density at radius 2 is 1.93 bits per heavy atom. The number of H-pyrrole nitrogens is 1. The summed E-state index contributed by atoms with van der Waals surface area (Å²) in [4.78, 5) is 33.3. The molecule has 28 heavy (non-hydrogen) atoms. The highest BCUT2D eigenvalue weighted by Crippen LogP contribution is 2.48. The van der Waals surface area contributed by atoms with Crippen LogP contribution < -0.4 is 20.3 Å². The summed E-state index contributed by atoms with van der Waals surface area (Å²) in [6.45, 7) is 6.08. The van der Waals surface area contributed by atoms with Gasteiger partial charge in [-0.25, -0.2) is 4.98 Å². The minimum absolute atomic E-state index is 0.0621. The molecular weight excluding hydrogens is 358 g/mol. The zero-order valence-electron chi connectivity index (χ0n) is 16.0. The molecule has 7 nitrogen and oxygen atoms in total. The molecule has 3 aliphatic rings. The van der Waals surface area contributed by atoms with Gasteiger partial charge < -0.3 is 19.8 Å². The summed E-state index contributed by atoms with van der Waals surface area (Å²) in [5, 5.41) is 3.29. The number of Topliss-reactive ketones (excluding diaryl/α,β-unsaturated/α-hetero) is 1. The summed E-state index contributed by atoms with van der Waals surface area (Å²) < 4.78 is 10.9. The van der Waals surface area contributed by atoms with Gasteiger partial charge in [-0.3, -0.25) is 9.59 Å². The largest absolute Gasteiger partial charge is 0.454 e. The molecule has 7 heteroatoms. The van der Waals surface area contributed by atoms with Crippen LogP contribution in [0, 0.1) is 12.3 Å². The van der Waals surface area contributed by atoms with E-state index in [2.05, 4.69) is 29.1 Å². The standard InChI is InChI=1S/C21H21N3O4/c1-10-22-19-18(20(26)23-10)16(11-4-5-14-15(6-11)28-9-27-14)17-12(24-19)7-21(2,3)8-13(17)25/h4-6,16H,7-9H2,1-3H3,(H2,22,23,24,26)/t16-/m0/s1. The molecule has 2 aromatic rings. The van der Waals surface area contributed by atoms with Crippen LogP contribution in [0.1, 0.15) is 49.6 Å². The maximum absolute atomic E-state index is 13.2. The number of ether oxygens (including phenoxy) is 2. The lowest BCUT2D eigenvalue weighted by Gasteiger charge is -2.38. The number of fused-ring (bicyclic) bond motifs is 2. The van der Waals surface area contributed by atoms with Gasteiger partial charge in [0.05, 0.1) is 5.56 Å². The lowest BCUT2D eigenvalue weighted by atomic mass is 9.69. The number of carbonyl (C=O) groups excluding carboxylic acids is 1. The van der Waals surface area contributed by atoms with Crippen LogP contribution in [0.25, 0.3) is 0 Å². The molecule has 2 aliphatic heterocycles. The monoisotopic (exact) mass is 379 g/mol. The van der Waals surface area contributed by atoms with E-state index in [1.807, 2.05) is 18.2 Å². The number of ketones is 1. The fourth-order valence-corrected chi connectivity index (χ4v) is 4.45. The van der Waals surface area contributed by atoms with E-state index in [9.17, 15) is 9.59 Å². The molecule has 1 aromatic carbocycles. The maximum Gasteiger partial charge on any atom is 0.257 e. The normalized spacial score (nSPS) is 21.8. The Morgan fingerprint density at radius 1 is 1.14 bits per heavy atom. The topological polar surface area (TPSA) is 93.3 Å². The van der Waals surface area contributed by atoms with Crippen molar-refractivity contribution >= 4 is 11.6 Å². The molecular formula is C21H21N3O4. The molecule has 1 aliphatic carbocycles. The van der Waals surface area contributed by atoms with Gasteiger partial charge in [-0.1, -0.05) is 19.9 Å². The van der Waals surface area contributed by atoms with Gasteiger partial charge in [0, 0.05) is 23.6 Å². The van der Waals surface area contributed by atoms with E-state index in [0.29, 0.717) is 40.7 Å². The zero-order chi connectivity index (χ0) is 19.6. The molecule has 3 heterocycles. The van der Waals surface area contributed by atoms with E-state index in [1.54, 1.807) is 6.92 Å². The number of aryl methyl sites for hydroxylation is 1. The second kappa shape index (κ2) is 5.70. The first-order valence-corrected chi connectivity index (χ1v) is 9.36. The van der Waals surface area contributed by atoms with Gasteiger partial charge in [0.25, 0.3) is 5.56 Å². The van der Waals surface area contributed by atoms with E-state index in [0.717, 1.165) is 17.7 Å². The van der Waals surface area contributed by atoms with Crippen LogP contribution in [0.15, 0.2) is 34.3 Å². The number of carbonyl (C=O) groups is 1. The molecule has 1 atom stereocenters. The third-order valence-corrected chi connectivity index (χ3v) is 5.57. The molecule has 0 saturated heterocycles. The van der Waals surface area contributed by atoms with Crippen molar-refractivity contribution in [2.24, 2.45) is 5.41 Å². The van der Waals surface area contributed by atoms with Crippen molar-refractivity contribution in [3.8, 4) is 11.5 Å². The zero-order valence-corrected chi connectivity index (χ0v) is 16.0. The Labute approximate surface area is 161 Å². The average Bonchev–Trinajstić information content (AvgIpc) is 3.06. The van der Waals surface area contributed by atoms with Crippen molar-refractivity contribution in [3.05, 3.63) is 56.8 Å². The first-order chi connectivity index (χ1) is 13.3. The third kappa shape index (κ3) is 2.53. The Bertz CT molecular complexity index is 1110. The molecule has 0 spiro atoms. The lowest BCUT2D eigenvalue weighted by molar-refractivity contribution is -0.118. The number of aromatic nitrogens is 2. The van der Waals surface area contributed by atoms with Gasteiger partial charge in [0.15, 0.2) is 17.3 Å². The molecule has 0 saturated carbocycles. The Kier molecular flexibility index (Phi) is 3.47. The average molecular weight is 379 g/mol. The van der Waals surface area contributed by atoms with Crippen molar-refractivity contribution in [2.75, 3.05) is 12.1 Å². The molecule has 1 aromatic heterocycles. The van der Waals surface area contributed by atoms with Gasteiger partial charge in [0.2, 0.25) is 6.79 Å². The highest BCUT2D eigenvalue weighted by Gasteiger charge is 2.42. The van der Waals surface area contributed by atoms with E-state index >= 15 is 0 Å². The molecule has 0 amide bonds. The number of benzene rings is 1. The summed E-state index contributed by atoms with van der Waals surface area (Å²) >= 11 is 0. The van der Waals surface area contributed by atoms with Crippen molar-refractivity contribution in [2.45, 2.75) is 39.5 Å². The van der Waals surface area contributed by atoms with Gasteiger partial charge in [-0.05, 0) is 36.5 Å². The van der Waals surface area contributed by atoms with Crippen molar-refractivity contribution in [1.29, 1.82) is 0 Å².